The van der Waals surface area contributed by atoms with Crippen LogP contribution < -0.4 is 14.8 Å². The molecule has 0 heterocycles. The van der Waals surface area contributed by atoms with Crippen molar-refractivity contribution in [2.24, 2.45) is 0 Å². The Morgan fingerprint density at radius 1 is 0.968 bits per heavy atom. The molecule has 0 saturated heterocycles. The molecule has 2 aromatic rings. The first-order valence-electron chi connectivity index (χ1n) is 10.8. The standard InChI is InChI=1S/C25H34N2O4/c1-6-21(25(29)26-7-2)27(17-20-10-8-18(3)9-11-20)24(28)15-13-19-12-14-22(30-4)23(16-19)31-5/h8-12,14,16,21H,6-7,13,15,17H2,1-5H3,(H,26,29)/t21-/m0/s1. The second-order valence-corrected chi connectivity index (χ2v) is 7.52. The second kappa shape index (κ2) is 12.0. The van der Waals surface area contributed by atoms with Crippen molar-refractivity contribution in [1.82, 2.24) is 10.2 Å². The van der Waals surface area contributed by atoms with Gasteiger partial charge in [0.15, 0.2) is 11.5 Å². The fraction of sp³-hybridized carbons (Fsp3) is 0.440. The first kappa shape index (κ1) is 24.3. The molecule has 0 aromatic heterocycles. The van der Waals surface area contributed by atoms with Crippen LogP contribution in [0.5, 0.6) is 11.5 Å². The van der Waals surface area contributed by atoms with Gasteiger partial charge in [0.1, 0.15) is 6.04 Å². The number of nitrogens with one attached hydrogen (secondary N) is 1. The van der Waals surface area contributed by atoms with Crippen LogP contribution in [-0.4, -0.2) is 43.5 Å². The minimum absolute atomic E-state index is 0.0477. The smallest absolute Gasteiger partial charge is 0.242 e. The zero-order chi connectivity index (χ0) is 22.8. The number of likely N-dealkylation sites (N-methyl/N-ethyl adjacent to an activating group) is 1. The third-order valence-corrected chi connectivity index (χ3v) is 5.29. The average molecular weight is 427 g/mol. The molecule has 0 fully saturated rings. The molecule has 2 aromatic carbocycles. The van der Waals surface area contributed by atoms with E-state index in [4.69, 9.17) is 9.47 Å². The molecule has 0 aliphatic heterocycles. The summed E-state index contributed by atoms with van der Waals surface area (Å²) in [6.07, 6.45) is 1.41. The Morgan fingerprint density at radius 2 is 1.61 bits per heavy atom. The van der Waals surface area contributed by atoms with Crippen molar-refractivity contribution in [3.05, 3.63) is 59.2 Å². The molecule has 0 aliphatic rings. The summed E-state index contributed by atoms with van der Waals surface area (Å²) in [5, 5.41) is 2.87. The molecule has 1 N–H and O–H groups in total. The minimum Gasteiger partial charge on any atom is -0.493 e. The minimum atomic E-state index is -0.501. The lowest BCUT2D eigenvalue weighted by molar-refractivity contribution is -0.141. The highest BCUT2D eigenvalue weighted by Crippen LogP contribution is 2.28. The third-order valence-electron chi connectivity index (χ3n) is 5.29. The molecule has 6 heteroatoms. The van der Waals surface area contributed by atoms with Crippen molar-refractivity contribution >= 4 is 11.8 Å². The van der Waals surface area contributed by atoms with Crippen molar-refractivity contribution < 1.29 is 19.1 Å². The summed E-state index contributed by atoms with van der Waals surface area (Å²) < 4.78 is 10.6. The molecule has 1 atom stereocenters. The van der Waals surface area contributed by atoms with E-state index in [0.29, 0.717) is 43.9 Å². The molecule has 0 saturated carbocycles. The summed E-state index contributed by atoms with van der Waals surface area (Å²) in [7, 11) is 3.19. The fourth-order valence-electron chi connectivity index (χ4n) is 3.53. The molecule has 2 rings (SSSR count). The van der Waals surface area contributed by atoms with Crippen molar-refractivity contribution in [1.29, 1.82) is 0 Å². The Morgan fingerprint density at radius 3 is 2.19 bits per heavy atom. The van der Waals surface area contributed by atoms with Gasteiger partial charge in [-0.15, -0.1) is 0 Å². The Labute approximate surface area is 185 Å². The fourth-order valence-corrected chi connectivity index (χ4v) is 3.53. The maximum Gasteiger partial charge on any atom is 0.242 e. The lowest BCUT2D eigenvalue weighted by Crippen LogP contribution is -2.49. The van der Waals surface area contributed by atoms with Crippen molar-refractivity contribution in [3.8, 4) is 11.5 Å². The van der Waals surface area contributed by atoms with E-state index in [0.717, 1.165) is 16.7 Å². The van der Waals surface area contributed by atoms with Gasteiger partial charge in [0.25, 0.3) is 0 Å². The predicted molar refractivity (Wildman–Crippen MR) is 122 cm³/mol. The van der Waals surface area contributed by atoms with Gasteiger partial charge in [-0.3, -0.25) is 9.59 Å². The number of benzene rings is 2. The number of methoxy groups -OCH3 is 2. The van der Waals surface area contributed by atoms with Crippen LogP contribution in [0.3, 0.4) is 0 Å². The number of ether oxygens (including phenoxy) is 2. The van der Waals surface area contributed by atoms with Crippen LogP contribution in [0, 0.1) is 6.92 Å². The summed E-state index contributed by atoms with van der Waals surface area (Å²) >= 11 is 0. The SMILES string of the molecule is CCNC(=O)[C@H](CC)N(Cc1ccc(C)cc1)C(=O)CCc1ccc(OC)c(OC)c1. The van der Waals surface area contributed by atoms with Gasteiger partial charge < -0.3 is 19.7 Å². The van der Waals surface area contributed by atoms with Gasteiger partial charge in [-0.2, -0.15) is 0 Å². The third kappa shape index (κ3) is 6.74. The number of aryl methyl sites for hydroxylation is 2. The average Bonchev–Trinajstić information content (AvgIpc) is 2.78. The quantitative estimate of drug-likeness (QED) is 0.592. The van der Waals surface area contributed by atoms with Crippen molar-refractivity contribution in [2.45, 2.75) is 52.6 Å². The van der Waals surface area contributed by atoms with Crippen molar-refractivity contribution in [3.63, 3.8) is 0 Å². The lowest BCUT2D eigenvalue weighted by Gasteiger charge is -2.30. The summed E-state index contributed by atoms with van der Waals surface area (Å²) in [5.74, 6) is 1.13. The van der Waals surface area contributed by atoms with E-state index in [1.54, 1.807) is 19.1 Å². The van der Waals surface area contributed by atoms with Gasteiger partial charge in [0, 0.05) is 19.5 Å². The number of hydrogen-bond acceptors (Lipinski definition) is 4. The summed E-state index contributed by atoms with van der Waals surface area (Å²) in [6, 6.07) is 13.2. The Kier molecular flexibility index (Phi) is 9.38. The van der Waals surface area contributed by atoms with Gasteiger partial charge in [-0.05, 0) is 49.9 Å². The van der Waals surface area contributed by atoms with E-state index in [2.05, 4.69) is 5.32 Å². The number of carbonyl (C=O) groups is 2. The van der Waals surface area contributed by atoms with Gasteiger partial charge in [-0.1, -0.05) is 42.8 Å². The zero-order valence-corrected chi connectivity index (χ0v) is 19.2. The number of amides is 2. The Balaban J connectivity index is 2.20. The molecular formula is C25H34N2O4. The maximum atomic E-state index is 13.3. The van der Waals surface area contributed by atoms with E-state index < -0.39 is 6.04 Å². The highest BCUT2D eigenvalue weighted by Gasteiger charge is 2.28. The summed E-state index contributed by atoms with van der Waals surface area (Å²) in [6.45, 7) is 6.78. The molecule has 0 aliphatic carbocycles. The van der Waals surface area contributed by atoms with E-state index in [9.17, 15) is 9.59 Å². The number of nitrogens with zero attached hydrogens (tertiary/aromatic N) is 1. The van der Waals surface area contributed by atoms with Crippen LogP contribution in [0.2, 0.25) is 0 Å². The van der Waals surface area contributed by atoms with Gasteiger partial charge in [0.2, 0.25) is 11.8 Å². The molecule has 31 heavy (non-hydrogen) atoms. The topological polar surface area (TPSA) is 67.9 Å². The normalized spacial score (nSPS) is 11.5. The van der Waals surface area contributed by atoms with Crippen LogP contribution in [0.1, 0.15) is 43.4 Å². The molecule has 2 amide bonds. The Bertz CT molecular complexity index is 864. The summed E-state index contributed by atoms with van der Waals surface area (Å²) in [5.41, 5.74) is 3.14. The van der Waals surface area contributed by atoms with Crippen LogP contribution in [-0.2, 0) is 22.6 Å². The summed E-state index contributed by atoms with van der Waals surface area (Å²) in [4.78, 5) is 27.6. The van der Waals surface area contributed by atoms with Gasteiger partial charge >= 0.3 is 0 Å². The molecule has 0 bridgehead atoms. The number of hydrogen-bond donors (Lipinski definition) is 1. The van der Waals surface area contributed by atoms with Crippen LogP contribution >= 0.6 is 0 Å². The van der Waals surface area contributed by atoms with E-state index in [1.807, 2.05) is 63.2 Å². The van der Waals surface area contributed by atoms with Crippen molar-refractivity contribution in [2.75, 3.05) is 20.8 Å². The Hall–Kier alpha value is -3.02. The zero-order valence-electron chi connectivity index (χ0n) is 19.2. The van der Waals surface area contributed by atoms with Gasteiger partial charge in [0.05, 0.1) is 14.2 Å². The van der Waals surface area contributed by atoms with Crippen LogP contribution in [0.15, 0.2) is 42.5 Å². The first-order valence-corrected chi connectivity index (χ1v) is 10.8. The highest BCUT2D eigenvalue weighted by molar-refractivity contribution is 5.87. The van der Waals surface area contributed by atoms with E-state index in [-0.39, 0.29) is 11.8 Å². The molecule has 0 unspecified atom stereocenters. The first-order chi connectivity index (χ1) is 14.9. The molecular weight excluding hydrogens is 392 g/mol. The molecule has 0 spiro atoms. The van der Waals surface area contributed by atoms with E-state index in [1.165, 1.54) is 0 Å². The molecule has 6 nitrogen and oxygen atoms in total. The largest absolute Gasteiger partial charge is 0.493 e. The number of carbonyl (C=O) groups excluding carboxylic acids is 2. The van der Waals surface area contributed by atoms with Gasteiger partial charge in [-0.25, -0.2) is 0 Å². The monoisotopic (exact) mass is 426 g/mol. The highest BCUT2D eigenvalue weighted by atomic mass is 16.5. The second-order valence-electron chi connectivity index (χ2n) is 7.52. The molecule has 0 radical (unpaired) electrons. The lowest BCUT2D eigenvalue weighted by atomic mass is 10.1. The van der Waals surface area contributed by atoms with Crippen LogP contribution in [0.4, 0.5) is 0 Å². The van der Waals surface area contributed by atoms with Crippen LogP contribution in [0.25, 0.3) is 0 Å². The number of rotatable bonds is 11. The molecule has 168 valence electrons. The maximum absolute atomic E-state index is 13.3. The predicted octanol–water partition coefficient (Wildman–Crippen LogP) is 3.89. The van der Waals surface area contributed by atoms with E-state index >= 15 is 0 Å².